The molecule has 0 fully saturated rings. The van der Waals surface area contributed by atoms with E-state index in [4.69, 9.17) is 4.74 Å². The van der Waals surface area contributed by atoms with Crippen LogP contribution in [-0.4, -0.2) is 26.7 Å². The molecule has 2 heterocycles. The lowest BCUT2D eigenvalue weighted by Crippen LogP contribution is -1.97. The van der Waals surface area contributed by atoms with Crippen LogP contribution in [0.3, 0.4) is 0 Å². The van der Waals surface area contributed by atoms with E-state index >= 15 is 0 Å². The first-order chi connectivity index (χ1) is 9.36. The summed E-state index contributed by atoms with van der Waals surface area (Å²) in [5.41, 5.74) is 1.99. The molecule has 0 radical (unpaired) electrons. The maximum Gasteiger partial charge on any atom is 0.319 e. The number of hydrogen-bond acceptors (Lipinski definition) is 5. The van der Waals surface area contributed by atoms with Crippen LogP contribution in [0.15, 0.2) is 47.8 Å². The molecule has 0 saturated heterocycles. The zero-order chi connectivity index (χ0) is 13.1. The molecule has 1 aromatic carbocycles. The zero-order valence-corrected chi connectivity index (χ0v) is 11.2. The van der Waals surface area contributed by atoms with E-state index in [1.807, 2.05) is 24.3 Å². The van der Waals surface area contributed by atoms with E-state index in [-0.39, 0.29) is 0 Å². The van der Waals surface area contributed by atoms with E-state index in [1.165, 1.54) is 5.56 Å². The van der Waals surface area contributed by atoms with E-state index in [0.717, 1.165) is 16.6 Å². The van der Waals surface area contributed by atoms with Gasteiger partial charge < -0.3 is 4.74 Å². The fourth-order valence-electron chi connectivity index (χ4n) is 1.70. The van der Waals surface area contributed by atoms with Gasteiger partial charge in [0.2, 0.25) is 5.16 Å². The summed E-state index contributed by atoms with van der Waals surface area (Å²) in [6.07, 6.45) is 1.66. The molecule has 2 aromatic heterocycles. The largest absolute Gasteiger partial charge is 0.467 e. The van der Waals surface area contributed by atoms with Crippen LogP contribution in [0.2, 0.25) is 0 Å². The number of methoxy groups -OCH3 is 1. The van der Waals surface area contributed by atoms with Crippen LogP contribution >= 0.6 is 11.8 Å². The lowest BCUT2D eigenvalue weighted by Gasteiger charge is -1.98. The smallest absolute Gasteiger partial charge is 0.319 e. The highest BCUT2D eigenvalue weighted by atomic mass is 32.2. The van der Waals surface area contributed by atoms with Gasteiger partial charge in [0.15, 0.2) is 5.65 Å². The predicted molar refractivity (Wildman–Crippen MR) is 73.3 cm³/mol. The molecule has 0 amide bonds. The Morgan fingerprint density at radius 3 is 2.84 bits per heavy atom. The summed E-state index contributed by atoms with van der Waals surface area (Å²) >= 11 is 1.59. The van der Waals surface area contributed by atoms with E-state index in [9.17, 15) is 0 Å². The van der Waals surface area contributed by atoms with Gasteiger partial charge in [-0.2, -0.15) is 4.52 Å². The summed E-state index contributed by atoms with van der Waals surface area (Å²) in [4.78, 5) is 8.52. The summed E-state index contributed by atoms with van der Waals surface area (Å²) in [7, 11) is 1.57. The van der Waals surface area contributed by atoms with E-state index in [1.54, 1.807) is 29.6 Å². The van der Waals surface area contributed by atoms with E-state index in [0.29, 0.717) is 6.01 Å². The number of nitrogens with zero attached hydrogens (tertiary/aromatic N) is 4. The second kappa shape index (κ2) is 5.27. The highest BCUT2D eigenvalue weighted by molar-refractivity contribution is 7.98. The fraction of sp³-hybridized carbons (Fsp3) is 0.154. The first kappa shape index (κ1) is 12.0. The van der Waals surface area contributed by atoms with Gasteiger partial charge >= 0.3 is 6.01 Å². The van der Waals surface area contributed by atoms with Gasteiger partial charge in [-0.05, 0) is 5.56 Å². The Morgan fingerprint density at radius 2 is 2.05 bits per heavy atom. The SMILES string of the molecule is COc1nccc2nc(SCc3ccccc3)nn12. The Balaban J connectivity index is 1.82. The summed E-state index contributed by atoms with van der Waals surface area (Å²) in [5.74, 6) is 0.841. The molecule has 0 unspecified atom stereocenters. The molecule has 0 atom stereocenters. The Kier molecular flexibility index (Phi) is 3.33. The van der Waals surface area contributed by atoms with Gasteiger partial charge in [0, 0.05) is 18.0 Å². The fourth-order valence-corrected chi connectivity index (χ4v) is 2.48. The quantitative estimate of drug-likeness (QED) is 0.683. The molecule has 0 aliphatic carbocycles. The van der Waals surface area contributed by atoms with Crippen molar-refractivity contribution >= 4 is 17.4 Å². The number of hydrogen-bond donors (Lipinski definition) is 0. The molecule has 0 N–H and O–H groups in total. The van der Waals surface area contributed by atoms with Gasteiger partial charge in [-0.15, -0.1) is 5.10 Å². The number of thioether (sulfide) groups is 1. The van der Waals surface area contributed by atoms with Crippen LogP contribution in [0.25, 0.3) is 5.65 Å². The molecular formula is C13H12N4OS. The highest BCUT2D eigenvalue weighted by Gasteiger charge is 2.08. The molecule has 5 nitrogen and oxygen atoms in total. The Labute approximate surface area is 114 Å². The van der Waals surface area contributed by atoms with Crippen molar-refractivity contribution in [3.8, 4) is 6.01 Å². The molecule has 19 heavy (non-hydrogen) atoms. The van der Waals surface area contributed by atoms with Crippen LogP contribution in [0.4, 0.5) is 0 Å². The predicted octanol–water partition coefficient (Wildman–Crippen LogP) is 2.43. The van der Waals surface area contributed by atoms with Crippen LogP contribution in [0.5, 0.6) is 6.01 Å². The lowest BCUT2D eigenvalue weighted by atomic mass is 10.2. The standard InChI is InChI=1S/C13H12N4OS/c1-18-13-14-8-7-11-15-12(16-17(11)13)19-9-10-5-3-2-4-6-10/h2-8H,9H2,1H3. The average molecular weight is 272 g/mol. The summed E-state index contributed by atoms with van der Waals surface area (Å²) in [6.45, 7) is 0. The minimum atomic E-state index is 0.441. The number of rotatable bonds is 4. The van der Waals surface area contributed by atoms with Crippen LogP contribution in [-0.2, 0) is 5.75 Å². The van der Waals surface area contributed by atoms with E-state index < -0.39 is 0 Å². The molecular weight excluding hydrogens is 260 g/mol. The number of benzene rings is 1. The molecule has 3 rings (SSSR count). The molecule has 3 aromatic rings. The number of ether oxygens (including phenoxy) is 1. The maximum atomic E-state index is 5.14. The highest BCUT2D eigenvalue weighted by Crippen LogP contribution is 2.21. The molecule has 0 aliphatic rings. The third-order valence-corrected chi connectivity index (χ3v) is 3.50. The summed E-state index contributed by atoms with van der Waals surface area (Å²) in [5, 5.41) is 5.10. The first-order valence-corrected chi connectivity index (χ1v) is 6.78. The van der Waals surface area contributed by atoms with Crippen molar-refractivity contribution < 1.29 is 4.74 Å². The van der Waals surface area contributed by atoms with Gasteiger partial charge in [-0.1, -0.05) is 42.1 Å². The number of fused-ring (bicyclic) bond motifs is 1. The minimum Gasteiger partial charge on any atom is -0.467 e. The zero-order valence-electron chi connectivity index (χ0n) is 10.4. The van der Waals surface area contributed by atoms with Crippen molar-refractivity contribution in [1.29, 1.82) is 0 Å². The average Bonchev–Trinajstić information content (AvgIpc) is 2.89. The second-order valence-electron chi connectivity index (χ2n) is 3.87. The van der Waals surface area contributed by atoms with Crippen molar-refractivity contribution in [2.45, 2.75) is 10.9 Å². The molecule has 0 aliphatic heterocycles. The van der Waals surface area contributed by atoms with Crippen LogP contribution < -0.4 is 4.74 Å². The summed E-state index contributed by atoms with van der Waals surface area (Å²) in [6, 6.07) is 12.5. The molecule has 96 valence electrons. The molecule has 0 bridgehead atoms. The Morgan fingerprint density at radius 1 is 1.21 bits per heavy atom. The van der Waals surface area contributed by atoms with Gasteiger partial charge in [-0.3, -0.25) is 0 Å². The van der Waals surface area contributed by atoms with Crippen molar-refractivity contribution in [2.24, 2.45) is 0 Å². The van der Waals surface area contributed by atoms with Crippen LogP contribution in [0.1, 0.15) is 5.56 Å². The van der Waals surface area contributed by atoms with Gasteiger partial charge in [0.1, 0.15) is 0 Å². The lowest BCUT2D eigenvalue weighted by molar-refractivity contribution is 0.366. The topological polar surface area (TPSA) is 52.3 Å². The Bertz CT molecular complexity index is 683. The van der Waals surface area contributed by atoms with Crippen LogP contribution in [0, 0.1) is 0 Å². The summed E-state index contributed by atoms with van der Waals surface area (Å²) < 4.78 is 6.75. The molecule has 0 spiro atoms. The maximum absolute atomic E-state index is 5.14. The normalized spacial score (nSPS) is 10.8. The third-order valence-electron chi connectivity index (χ3n) is 2.60. The molecule has 6 heteroatoms. The van der Waals surface area contributed by atoms with E-state index in [2.05, 4.69) is 27.2 Å². The van der Waals surface area contributed by atoms with Crippen molar-refractivity contribution in [2.75, 3.05) is 7.11 Å². The molecule has 0 saturated carbocycles. The van der Waals surface area contributed by atoms with Gasteiger partial charge in [0.05, 0.1) is 7.11 Å². The van der Waals surface area contributed by atoms with Gasteiger partial charge in [0.25, 0.3) is 0 Å². The monoisotopic (exact) mass is 272 g/mol. The minimum absolute atomic E-state index is 0.441. The van der Waals surface area contributed by atoms with Gasteiger partial charge in [-0.25, -0.2) is 9.97 Å². The van der Waals surface area contributed by atoms with Crippen molar-refractivity contribution in [1.82, 2.24) is 19.6 Å². The first-order valence-electron chi connectivity index (χ1n) is 5.79. The van der Waals surface area contributed by atoms with Crippen molar-refractivity contribution in [3.05, 3.63) is 48.2 Å². The van der Waals surface area contributed by atoms with Crippen molar-refractivity contribution in [3.63, 3.8) is 0 Å². The second-order valence-corrected chi connectivity index (χ2v) is 4.81. The third kappa shape index (κ3) is 2.53. The number of aromatic nitrogens is 4. The Hall–Kier alpha value is -2.08.